The molecule has 0 spiro atoms. The van der Waals surface area contributed by atoms with Crippen LogP contribution in [0.25, 0.3) is 5.76 Å². The highest BCUT2D eigenvalue weighted by molar-refractivity contribution is 6.51. The van der Waals surface area contributed by atoms with Crippen LogP contribution in [0, 0.1) is 6.92 Å². The van der Waals surface area contributed by atoms with Gasteiger partial charge in [0.2, 0.25) is 0 Å². The zero-order valence-electron chi connectivity index (χ0n) is 20.5. The third-order valence-electron chi connectivity index (χ3n) is 6.46. The first-order valence-corrected chi connectivity index (χ1v) is 11.8. The first-order chi connectivity index (χ1) is 16.9. The lowest BCUT2D eigenvalue weighted by molar-refractivity contribution is -0.132. The normalized spacial score (nSPS) is 17.0. The van der Waals surface area contributed by atoms with E-state index < -0.39 is 17.7 Å². The Morgan fingerprint density at radius 2 is 1.51 bits per heavy atom. The highest BCUT2D eigenvalue weighted by Crippen LogP contribution is 2.42. The molecule has 1 saturated heterocycles. The number of hydrogen-bond acceptors (Lipinski definition) is 5. The van der Waals surface area contributed by atoms with E-state index in [4.69, 9.17) is 4.74 Å². The Hall–Kier alpha value is -4.06. The molecule has 1 heterocycles. The average Bonchev–Trinajstić information content (AvgIpc) is 3.15. The minimum atomic E-state index is -0.768. The van der Waals surface area contributed by atoms with Crippen molar-refractivity contribution in [2.45, 2.75) is 26.8 Å². The van der Waals surface area contributed by atoms with Crippen molar-refractivity contribution in [2.24, 2.45) is 0 Å². The van der Waals surface area contributed by atoms with Crippen LogP contribution in [0.4, 0.5) is 11.4 Å². The molecule has 1 N–H and O–H groups in total. The van der Waals surface area contributed by atoms with E-state index in [0.29, 0.717) is 17.0 Å². The molecule has 1 aliphatic heterocycles. The maximum Gasteiger partial charge on any atom is 0.300 e. The number of carbonyl (C=O) groups excluding carboxylic acids is 2. The average molecular weight is 471 g/mol. The molecule has 0 radical (unpaired) electrons. The maximum absolute atomic E-state index is 13.3. The van der Waals surface area contributed by atoms with Crippen molar-refractivity contribution in [3.05, 3.63) is 95.1 Å². The molecule has 1 fully saturated rings. The second kappa shape index (κ2) is 10.1. The number of rotatable bonds is 7. The lowest BCUT2D eigenvalue weighted by Gasteiger charge is -2.27. The minimum Gasteiger partial charge on any atom is -0.507 e. The third kappa shape index (κ3) is 4.52. The topological polar surface area (TPSA) is 70.1 Å². The summed E-state index contributed by atoms with van der Waals surface area (Å²) < 4.78 is 5.25. The van der Waals surface area contributed by atoms with Crippen LogP contribution >= 0.6 is 0 Å². The number of amides is 1. The molecule has 1 atom stereocenters. The first kappa shape index (κ1) is 24.1. The van der Waals surface area contributed by atoms with E-state index in [2.05, 4.69) is 18.7 Å². The van der Waals surface area contributed by atoms with Crippen LogP contribution in [-0.4, -0.2) is 37.0 Å². The lowest BCUT2D eigenvalue weighted by Crippen LogP contribution is -2.29. The number of benzene rings is 3. The lowest BCUT2D eigenvalue weighted by atomic mass is 9.94. The van der Waals surface area contributed by atoms with E-state index in [-0.39, 0.29) is 11.3 Å². The van der Waals surface area contributed by atoms with Crippen molar-refractivity contribution in [2.75, 3.05) is 30.0 Å². The Bertz CT molecular complexity index is 1240. The van der Waals surface area contributed by atoms with Crippen LogP contribution in [0.1, 0.15) is 36.6 Å². The van der Waals surface area contributed by atoms with E-state index in [0.717, 1.165) is 29.9 Å². The molecule has 6 heteroatoms. The summed E-state index contributed by atoms with van der Waals surface area (Å²) in [6.07, 6.45) is 0. The molecule has 1 amide bonds. The van der Waals surface area contributed by atoms with Crippen LogP contribution in [0.3, 0.4) is 0 Å². The minimum absolute atomic E-state index is 0.0743. The Kier molecular flexibility index (Phi) is 6.92. The molecular weight excluding hydrogens is 440 g/mol. The molecule has 180 valence electrons. The van der Waals surface area contributed by atoms with Crippen molar-refractivity contribution in [3.8, 4) is 5.75 Å². The quantitative estimate of drug-likeness (QED) is 0.281. The monoisotopic (exact) mass is 470 g/mol. The van der Waals surface area contributed by atoms with Crippen molar-refractivity contribution in [1.82, 2.24) is 0 Å². The van der Waals surface area contributed by atoms with Crippen molar-refractivity contribution < 1.29 is 19.4 Å². The SMILES string of the molecule is CCN(CC)c1ccc(C2/C(=C(/O)c3ccc(C)cc3)C(=O)C(=O)N2c2ccc(OC)cc2)cc1. The highest BCUT2D eigenvalue weighted by atomic mass is 16.5. The molecule has 0 aromatic heterocycles. The molecule has 6 nitrogen and oxygen atoms in total. The van der Waals surface area contributed by atoms with Crippen molar-refractivity contribution >= 4 is 28.8 Å². The number of anilines is 2. The van der Waals surface area contributed by atoms with E-state index in [1.54, 1.807) is 43.5 Å². The first-order valence-electron chi connectivity index (χ1n) is 11.8. The van der Waals surface area contributed by atoms with Gasteiger partial charge < -0.3 is 14.7 Å². The summed E-state index contributed by atoms with van der Waals surface area (Å²) in [4.78, 5) is 30.3. The second-order valence-corrected chi connectivity index (χ2v) is 8.50. The van der Waals surface area contributed by atoms with Gasteiger partial charge in [-0.2, -0.15) is 0 Å². The molecule has 0 bridgehead atoms. The van der Waals surface area contributed by atoms with E-state index in [1.807, 2.05) is 43.3 Å². The van der Waals surface area contributed by atoms with E-state index in [1.165, 1.54) is 4.90 Å². The largest absolute Gasteiger partial charge is 0.507 e. The van der Waals surface area contributed by atoms with Crippen molar-refractivity contribution in [3.63, 3.8) is 0 Å². The van der Waals surface area contributed by atoms with E-state index >= 15 is 0 Å². The molecule has 0 saturated carbocycles. The molecule has 35 heavy (non-hydrogen) atoms. The zero-order valence-corrected chi connectivity index (χ0v) is 20.5. The van der Waals surface area contributed by atoms with Gasteiger partial charge in [0.25, 0.3) is 11.7 Å². The number of aliphatic hydroxyl groups is 1. The zero-order chi connectivity index (χ0) is 25.1. The number of Topliss-reactive ketones (excluding diaryl/α,β-unsaturated/α-hetero) is 1. The number of nitrogens with zero attached hydrogens (tertiary/aromatic N) is 2. The Morgan fingerprint density at radius 1 is 0.914 bits per heavy atom. The fraction of sp³-hybridized carbons (Fsp3) is 0.241. The molecule has 3 aromatic rings. The molecule has 3 aromatic carbocycles. The van der Waals surface area contributed by atoms with Crippen LogP contribution in [-0.2, 0) is 9.59 Å². The number of ether oxygens (including phenoxy) is 1. The number of hydrogen-bond donors (Lipinski definition) is 1. The standard InChI is InChI=1S/C29H30N2O4/c1-5-30(6-2)22-13-11-20(12-14-22)26-25(27(32)21-9-7-19(3)8-10-21)28(33)29(34)31(26)23-15-17-24(35-4)18-16-23/h7-18,26,32H,5-6H2,1-4H3/b27-25-. The summed E-state index contributed by atoms with van der Waals surface area (Å²) in [5.41, 5.74) is 3.94. The van der Waals surface area contributed by atoms with Crippen LogP contribution in [0.15, 0.2) is 78.4 Å². The molecule has 1 unspecified atom stereocenters. The van der Waals surface area contributed by atoms with Gasteiger partial charge in [0.15, 0.2) is 0 Å². The summed E-state index contributed by atoms with van der Waals surface area (Å²) in [7, 11) is 1.57. The van der Waals surface area contributed by atoms with Gasteiger partial charge in [-0.05, 0) is 62.7 Å². The van der Waals surface area contributed by atoms with Gasteiger partial charge in [-0.1, -0.05) is 42.0 Å². The second-order valence-electron chi connectivity index (χ2n) is 8.50. The number of methoxy groups -OCH3 is 1. The van der Waals surface area contributed by atoms with Gasteiger partial charge in [-0.15, -0.1) is 0 Å². The van der Waals surface area contributed by atoms with Crippen LogP contribution in [0.2, 0.25) is 0 Å². The smallest absolute Gasteiger partial charge is 0.300 e. The Balaban J connectivity index is 1.88. The van der Waals surface area contributed by atoms with Gasteiger partial charge in [-0.25, -0.2) is 0 Å². The predicted octanol–water partition coefficient (Wildman–Crippen LogP) is 5.48. The molecular formula is C29H30N2O4. The van der Waals surface area contributed by atoms with Gasteiger partial charge >= 0.3 is 0 Å². The van der Waals surface area contributed by atoms with Crippen molar-refractivity contribution in [1.29, 1.82) is 0 Å². The summed E-state index contributed by atoms with van der Waals surface area (Å²) >= 11 is 0. The summed E-state index contributed by atoms with van der Waals surface area (Å²) in [5, 5.41) is 11.2. The number of carbonyl (C=O) groups is 2. The Labute approximate surface area is 206 Å². The summed E-state index contributed by atoms with van der Waals surface area (Å²) in [5.74, 6) is -0.930. The number of ketones is 1. The van der Waals surface area contributed by atoms with Crippen LogP contribution < -0.4 is 14.5 Å². The Morgan fingerprint density at radius 3 is 2.06 bits per heavy atom. The predicted molar refractivity (Wildman–Crippen MR) is 139 cm³/mol. The highest BCUT2D eigenvalue weighted by Gasteiger charge is 2.47. The molecule has 0 aliphatic carbocycles. The van der Waals surface area contributed by atoms with E-state index in [9.17, 15) is 14.7 Å². The number of aryl methyl sites for hydroxylation is 1. The fourth-order valence-electron chi connectivity index (χ4n) is 4.48. The maximum atomic E-state index is 13.3. The van der Waals surface area contributed by atoms with Gasteiger partial charge in [0, 0.05) is 30.0 Å². The summed E-state index contributed by atoms with van der Waals surface area (Å²) in [6.45, 7) is 7.88. The van der Waals surface area contributed by atoms with Gasteiger partial charge in [0.1, 0.15) is 11.5 Å². The van der Waals surface area contributed by atoms with Gasteiger partial charge in [0.05, 0.1) is 18.7 Å². The number of aliphatic hydroxyl groups excluding tert-OH is 1. The third-order valence-corrected chi connectivity index (χ3v) is 6.46. The molecule has 1 aliphatic rings. The summed E-state index contributed by atoms with van der Waals surface area (Å²) in [6, 6.07) is 21.3. The molecule has 4 rings (SSSR count). The van der Waals surface area contributed by atoms with Gasteiger partial charge in [-0.3, -0.25) is 14.5 Å². The fourth-order valence-corrected chi connectivity index (χ4v) is 4.48. The van der Waals surface area contributed by atoms with Crippen LogP contribution in [0.5, 0.6) is 5.75 Å².